The van der Waals surface area contributed by atoms with E-state index < -0.39 is 8.32 Å². The fourth-order valence-electron chi connectivity index (χ4n) is 2.10. The molecule has 2 atom stereocenters. The van der Waals surface area contributed by atoms with E-state index in [4.69, 9.17) is 4.43 Å². The van der Waals surface area contributed by atoms with Crippen LogP contribution in [0.15, 0.2) is 0 Å². The van der Waals surface area contributed by atoms with Crippen molar-refractivity contribution in [3.05, 3.63) is 0 Å². The molecule has 0 aliphatic carbocycles. The summed E-state index contributed by atoms with van der Waals surface area (Å²) in [5.74, 6) is 0.307. The highest BCUT2D eigenvalue weighted by molar-refractivity contribution is 6.73. The Morgan fingerprint density at radius 3 is 1.80 bits per heavy atom. The van der Waals surface area contributed by atoms with E-state index in [1.165, 1.54) is 18.1 Å². The fraction of sp³-hybridized carbons (Fsp3) is 1.00. The van der Waals surface area contributed by atoms with Gasteiger partial charge in [-0.1, -0.05) is 27.7 Å². The van der Waals surface area contributed by atoms with Crippen molar-refractivity contribution in [2.75, 3.05) is 6.61 Å². The van der Waals surface area contributed by atoms with Gasteiger partial charge in [0, 0.05) is 18.6 Å². The molecule has 0 radical (unpaired) electrons. The van der Waals surface area contributed by atoms with Crippen molar-refractivity contribution in [3.8, 4) is 0 Å². The molecular weight excluding hydrogens is 204 g/mol. The van der Waals surface area contributed by atoms with Gasteiger partial charge in [-0.25, -0.2) is 0 Å². The molecule has 0 heterocycles. The van der Waals surface area contributed by atoms with Crippen LogP contribution < -0.4 is 0 Å². The molecule has 15 heavy (non-hydrogen) atoms. The Bertz CT molecular complexity index is 145. The zero-order valence-corrected chi connectivity index (χ0v) is 12.0. The Kier molecular flexibility index (Phi) is 7.48. The van der Waals surface area contributed by atoms with E-state index in [0.717, 1.165) is 6.42 Å². The predicted octanol–water partition coefficient (Wildman–Crippen LogP) is 3.42. The third-order valence-corrected chi connectivity index (χ3v) is 8.53. The molecule has 3 heteroatoms. The van der Waals surface area contributed by atoms with E-state index in [-0.39, 0.29) is 12.7 Å². The van der Waals surface area contributed by atoms with E-state index in [1.54, 1.807) is 0 Å². The second kappa shape index (κ2) is 7.42. The van der Waals surface area contributed by atoms with E-state index in [2.05, 4.69) is 34.6 Å². The SMILES string of the molecule is CCC(CO)C(C)O[Si](CC)(CC)CC. The zero-order valence-electron chi connectivity index (χ0n) is 11.0. The molecule has 0 saturated heterocycles. The van der Waals surface area contributed by atoms with Gasteiger partial charge in [-0.15, -0.1) is 0 Å². The molecule has 0 spiro atoms. The van der Waals surface area contributed by atoms with Crippen molar-refractivity contribution in [2.45, 2.75) is 65.3 Å². The Morgan fingerprint density at radius 1 is 1.07 bits per heavy atom. The lowest BCUT2D eigenvalue weighted by Gasteiger charge is -2.34. The molecule has 1 N–H and O–H groups in total. The first-order valence-corrected chi connectivity index (χ1v) is 8.90. The largest absolute Gasteiger partial charge is 0.414 e. The van der Waals surface area contributed by atoms with Crippen molar-refractivity contribution < 1.29 is 9.53 Å². The summed E-state index contributed by atoms with van der Waals surface area (Å²) in [6.07, 6.45) is 1.21. The van der Waals surface area contributed by atoms with Crippen LogP contribution in [-0.2, 0) is 4.43 Å². The molecule has 0 aromatic heterocycles. The Hall–Kier alpha value is 0.137. The average molecular weight is 232 g/mol. The van der Waals surface area contributed by atoms with Gasteiger partial charge in [0.1, 0.15) is 0 Å². The summed E-state index contributed by atoms with van der Waals surface area (Å²) in [5, 5.41) is 9.25. The van der Waals surface area contributed by atoms with E-state index in [1.807, 2.05) is 0 Å². The first-order chi connectivity index (χ1) is 7.09. The molecular formula is C12H28O2Si. The van der Waals surface area contributed by atoms with Crippen LogP contribution in [0.5, 0.6) is 0 Å². The molecule has 0 saturated carbocycles. The highest BCUT2D eigenvalue weighted by atomic mass is 28.4. The van der Waals surface area contributed by atoms with E-state index in [0.29, 0.717) is 5.92 Å². The quantitative estimate of drug-likeness (QED) is 0.650. The van der Waals surface area contributed by atoms with Crippen LogP contribution in [0.2, 0.25) is 18.1 Å². The lowest BCUT2D eigenvalue weighted by atomic mass is 10.0. The van der Waals surface area contributed by atoms with Gasteiger partial charge < -0.3 is 9.53 Å². The summed E-state index contributed by atoms with van der Waals surface area (Å²) in [4.78, 5) is 0. The first kappa shape index (κ1) is 15.1. The van der Waals surface area contributed by atoms with Crippen LogP contribution in [0, 0.1) is 5.92 Å². The topological polar surface area (TPSA) is 29.5 Å². The molecule has 0 bridgehead atoms. The second-order valence-electron chi connectivity index (χ2n) is 4.42. The first-order valence-electron chi connectivity index (χ1n) is 6.37. The summed E-state index contributed by atoms with van der Waals surface area (Å²) in [6, 6.07) is 3.56. The van der Waals surface area contributed by atoms with Crippen LogP contribution in [0.1, 0.15) is 41.0 Å². The molecule has 92 valence electrons. The summed E-state index contributed by atoms with van der Waals surface area (Å²) in [7, 11) is -1.49. The average Bonchev–Trinajstić information content (AvgIpc) is 2.28. The Labute approximate surface area is 96.2 Å². The normalized spacial score (nSPS) is 16.4. The third kappa shape index (κ3) is 4.25. The summed E-state index contributed by atoms with van der Waals surface area (Å²) < 4.78 is 6.31. The number of hydrogen-bond acceptors (Lipinski definition) is 2. The van der Waals surface area contributed by atoms with Crippen LogP contribution in [0.4, 0.5) is 0 Å². The van der Waals surface area contributed by atoms with Gasteiger partial charge in [0.25, 0.3) is 0 Å². The smallest absolute Gasteiger partial charge is 0.192 e. The van der Waals surface area contributed by atoms with Gasteiger partial charge >= 0.3 is 0 Å². The van der Waals surface area contributed by atoms with Gasteiger partial charge in [-0.2, -0.15) is 0 Å². The molecule has 2 unspecified atom stereocenters. The number of aliphatic hydroxyl groups is 1. The molecule has 0 aromatic carbocycles. The molecule has 0 aliphatic rings. The fourth-order valence-corrected chi connectivity index (χ4v) is 5.08. The predicted molar refractivity (Wildman–Crippen MR) is 68.6 cm³/mol. The summed E-state index contributed by atoms with van der Waals surface area (Å²) in [6.45, 7) is 11.2. The number of rotatable bonds is 8. The lowest BCUT2D eigenvalue weighted by molar-refractivity contribution is 0.0882. The zero-order chi connectivity index (χ0) is 11.9. The number of hydrogen-bond donors (Lipinski definition) is 1. The lowest BCUT2D eigenvalue weighted by Crippen LogP contribution is -2.41. The molecule has 0 amide bonds. The Morgan fingerprint density at radius 2 is 1.53 bits per heavy atom. The van der Waals surface area contributed by atoms with Gasteiger partial charge in [0.15, 0.2) is 8.32 Å². The minimum Gasteiger partial charge on any atom is -0.414 e. The summed E-state index contributed by atoms with van der Waals surface area (Å²) in [5.41, 5.74) is 0. The van der Waals surface area contributed by atoms with Crippen LogP contribution in [-0.4, -0.2) is 26.1 Å². The monoisotopic (exact) mass is 232 g/mol. The van der Waals surface area contributed by atoms with Gasteiger partial charge in [0.2, 0.25) is 0 Å². The standard InChI is InChI=1S/C12H28O2Si/c1-6-12(10-13)11(5)14-15(7-2,8-3)9-4/h11-13H,6-10H2,1-5H3. The van der Waals surface area contributed by atoms with E-state index >= 15 is 0 Å². The van der Waals surface area contributed by atoms with Crippen LogP contribution in [0.25, 0.3) is 0 Å². The minimum absolute atomic E-state index is 0.214. The van der Waals surface area contributed by atoms with E-state index in [9.17, 15) is 5.11 Å². The van der Waals surface area contributed by atoms with Gasteiger partial charge in [0.05, 0.1) is 0 Å². The van der Waals surface area contributed by atoms with Crippen molar-refractivity contribution in [1.29, 1.82) is 0 Å². The second-order valence-corrected chi connectivity index (χ2v) is 9.14. The minimum atomic E-state index is -1.49. The third-order valence-electron chi connectivity index (χ3n) is 3.79. The number of aliphatic hydroxyl groups excluding tert-OH is 1. The van der Waals surface area contributed by atoms with Gasteiger partial charge in [-0.05, 0) is 31.5 Å². The van der Waals surface area contributed by atoms with Crippen LogP contribution in [0.3, 0.4) is 0 Å². The molecule has 0 rings (SSSR count). The highest BCUT2D eigenvalue weighted by Crippen LogP contribution is 2.26. The van der Waals surface area contributed by atoms with Crippen molar-refractivity contribution in [2.24, 2.45) is 5.92 Å². The Balaban J connectivity index is 4.39. The van der Waals surface area contributed by atoms with Gasteiger partial charge in [-0.3, -0.25) is 0 Å². The molecule has 0 aliphatic heterocycles. The van der Waals surface area contributed by atoms with Crippen molar-refractivity contribution >= 4 is 8.32 Å². The summed E-state index contributed by atoms with van der Waals surface area (Å²) >= 11 is 0. The van der Waals surface area contributed by atoms with Crippen molar-refractivity contribution in [3.63, 3.8) is 0 Å². The van der Waals surface area contributed by atoms with Crippen LogP contribution >= 0.6 is 0 Å². The maximum absolute atomic E-state index is 9.25. The highest BCUT2D eigenvalue weighted by Gasteiger charge is 2.32. The maximum atomic E-state index is 9.25. The molecule has 0 aromatic rings. The molecule has 0 fully saturated rings. The van der Waals surface area contributed by atoms with Crippen molar-refractivity contribution in [1.82, 2.24) is 0 Å². The maximum Gasteiger partial charge on any atom is 0.192 e. The molecule has 2 nitrogen and oxygen atoms in total.